The zero-order chi connectivity index (χ0) is 17.5. The predicted octanol–water partition coefficient (Wildman–Crippen LogP) is 2.49. The van der Waals surface area contributed by atoms with E-state index in [0.29, 0.717) is 12.5 Å². The van der Waals surface area contributed by atoms with Crippen LogP contribution in [-0.2, 0) is 15.1 Å². The lowest BCUT2D eigenvalue weighted by Gasteiger charge is -2.22. The minimum atomic E-state index is -0.228. The van der Waals surface area contributed by atoms with Gasteiger partial charge in [-0.2, -0.15) is 5.10 Å². The summed E-state index contributed by atoms with van der Waals surface area (Å²) in [5.74, 6) is 1.48. The molecular formula is C18H29N3O3. The van der Waals surface area contributed by atoms with Gasteiger partial charge in [0, 0.05) is 31.6 Å². The Morgan fingerprint density at radius 3 is 2.75 bits per heavy atom. The van der Waals surface area contributed by atoms with Gasteiger partial charge in [0.05, 0.1) is 17.3 Å². The van der Waals surface area contributed by atoms with E-state index in [2.05, 4.69) is 26.1 Å². The first-order valence-electron chi connectivity index (χ1n) is 8.88. The van der Waals surface area contributed by atoms with Crippen LogP contribution in [0.5, 0.6) is 0 Å². The number of carbonyl (C=O) groups is 1. The number of ether oxygens (including phenoxy) is 1. The molecule has 2 fully saturated rings. The molecule has 2 aliphatic carbocycles. The lowest BCUT2D eigenvalue weighted by atomic mass is 10.0. The van der Waals surface area contributed by atoms with Gasteiger partial charge in [0.15, 0.2) is 0 Å². The summed E-state index contributed by atoms with van der Waals surface area (Å²) in [6.45, 7) is 6.87. The van der Waals surface area contributed by atoms with Crippen LogP contribution in [0, 0.1) is 11.8 Å². The molecule has 0 bridgehead atoms. The van der Waals surface area contributed by atoms with E-state index in [1.165, 1.54) is 0 Å². The summed E-state index contributed by atoms with van der Waals surface area (Å²) in [5.41, 5.74) is 0.758. The molecule has 1 aromatic rings. The highest BCUT2D eigenvalue weighted by atomic mass is 16.5. The van der Waals surface area contributed by atoms with Gasteiger partial charge in [-0.15, -0.1) is 0 Å². The normalized spacial score (nSPS) is 29.7. The zero-order valence-electron chi connectivity index (χ0n) is 15.1. The van der Waals surface area contributed by atoms with Crippen molar-refractivity contribution in [2.75, 3.05) is 19.0 Å². The number of rotatable bonds is 5. The number of hydrogen-bond donors (Lipinski definition) is 2. The van der Waals surface area contributed by atoms with E-state index < -0.39 is 0 Å². The molecule has 0 saturated heterocycles. The van der Waals surface area contributed by atoms with Gasteiger partial charge in [0.2, 0.25) is 5.91 Å². The van der Waals surface area contributed by atoms with Crippen LogP contribution >= 0.6 is 0 Å². The topological polar surface area (TPSA) is 76.4 Å². The van der Waals surface area contributed by atoms with E-state index >= 15 is 0 Å². The Balaban J connectivity index is 1.76. The van der Waals surface area contributed by atoms with Gasteiger partial charge < -0.3 is 15.2 Å². The Bertz CT molecular complexity index is 605. The van der Waals surface area contributed by atoms with Gasteiger partial charge in [0.25, 0.3) is 0 Å². The van der Waals surface area contributed by atoms with Crippen molar-refractivity contribution in [3.05, 3.63) is 11.8 Å². The molecule has 0 aliphatic heterocycles. The first-order chi connectivity index (χ1) is 11.3. The number of amides is 1. The minimum Gasteiger partial charge on any atom is -0.393 e. The molecule has 2 N–H and O–H groups in total. The van der Waals surface area contributed by atoms with E-state index in [1.807, 2.05) is 10.7 Å². The molecule has 24 heavy (non-hydrogen) atoms. The average molecular weight is 335 g/mol. The molecule has 3 rings (SSSR count). The van der Waals surface area contributed by atoms with E-state index in [0.717, 1.165) is 37.2 Å². The summed E-state index contributed by atoms with van der Waals surface area (Å²) >= 11 is 0. The first kappa shape index (κ1) is 17.4. The molecule has 134 valence electrons. The van der Waals surface area contributed by atoms with Crippen LogP contribution in [0.25, 0.3) is 0 Å². The van der Waals surface area contributed by atoms with Crippen LogP contribution in [0.3, 0.4) is 0 Å². The fourth-order valence-corrected chi connectivity index (χ4v) is 3.61. The van der Waals surface area contributed by atoms with Crippen LogP contribution in [-0.4, -0.2) is 40.6 Å². The van der Waals surface area contributed by atoms with E-state index in [4.69, 9.17) is 9.84 Å². The van der Waals surface area contributed by atoms with Crippen molar-refractivity contribution in [3.63, 3.8) is 0 Å². The smallest absolute Gasteiger partial charge is 0.229 e. The predicted molar refractivity (Wildman–Crippen MR) is 91.9 cm³/mol. The summed E-state index contributed by atoms with van der Waals surface area (Å²) in [6, 6.07) is 1.99. The Kier molecular flexibility index (Phi) is 4.71. The molecule has 2 saturated carbocycles. The first-order valence-corrected chi connectivity index (χ1v) is 8.88. The number of aromatic nitrogens is 2. The molecule has 1 heterocycles. The Morgan fingerprint density at radius 1 is 1.42 bits per heavy atom. The maximum atomic E-state index is 12.5. The van der Waals surface area contributed by atoms with E-state index in [-0.39, 0.29) is 29.4 Å². The average Bonchev–Trinajstić information content (AvgIpc) is 2.91. The van der Waals surface area contributed by atoms with Gasteiger partial charge >= 0.3 is 0 Å². The molecular weight excluding hydrogens is 306 g/mol. The molecule has 0 unspecified atom stereocenters. The molecule has 2 aliphatic rings. The zero-order valence-corrected chi connectivity index (χ0v) is 15.1. The number of hydrogen-bond acceptors (Lipinski definition) is 4. The van der Waals surface area contributed by atoms with Gasteiger partial charge in [0.1, 0.15) is 5.82 Å². The van der Waals surface area contributed by atoms with Gasteiger partial charge in [-0.05, 0) is 52.4 Å². The van der Waals surface area contributed by atoms with Crippen molar-refractivity contribution in [1.29, 1.82) is 0 Å². The Morgan fingerprint density at radius 2 is 2.17 bits per heavy atom. The monoisotopic (exact) mass is 335 g/mol. The number of aliphatic hydroxyl groups is 1. The second kappa shape index (κ2) is 6.48. The summed E-state index contributed by atoms with van der Waals surface area (Å²) in [4.78, 5) is 12.5. The van der Waals surface area contributed by atoms with Crippen molar-refractivity contribution in [3.8, 4) is 0 Å². The summed E-state index contributed by atoms with van der Waals surface area (Å²) < 4.78 is 7.04. The van der Waals surface area contributed by atoms with Gasteiger partial charge in [-0.25, -0.2) is 4.68 Å². The number of anilines is 1. The van der Waals surface area contributed by atoms with E-state index in [1.54, 1.807) is 7.11 Å². The highest BCUT2D eigenvalue weighted by molar-refractivity contribution is 5.93. The largest absolute Gasteiger partial charge is 0.393 e. The quantitative estimate of drug-likeness (QED) is 0.867. The standard InChI is InChI=1S/C18H29N3O3/c1-18(2,3)21-16(19-17(23)14-8-12(14)10-24-4)9-15(20-21)11-5-6-13(22)7-11/h9,11-14,22H,5-8,10H2,1-4H3,(H,19,23)/t11-,12+,13+,14-/m0/s1. The molecule has 0 aromatic carbocycles. The third-order valence-corrected chi connectivity index (χ3v) is 5.08. The van der Waals surface area contributed by atoms with Crippen LogP contribution < -0.4 is 5.32 Å². The van der Waals surface area contributed by atoms with Crippen molar-refractivity contribution in [1.82, 2.24) is 9.78 Å². The molecule has 0 radical (unpaired) electrons. The minimum absolute atomic E-state index is 0.0463. The fraction of sp³-hybridized carbons (Fsp3) is 0.778. The SMILES string of the molecule is COC[C@H]1C[C@@H]1C(=O)Nc1cc([C@H]2CC[C@@H](O)C2)nn1C(C)(C)C. The van der Waals surface area contributed by atoms with Crippen LogP contribution in [0.2, 0.25) is 0 Å². The third kappa shape index (κ3) is 3.64. The Hall–Kier alpha value is -1.40. The molecule has 0 spiro atoms. The van der Waals surface area contributed by atoms with Crippen molar-refractivity contribution in [2.45, 2.75) is 64.0 Å². The van der Waals surface area contributed by atoms with Crippen molar-refractivity contribution >= 4 is 11.7 Å². The number of nitrogens with zero attached hydrogens (tertiary/aromatic N) is 2. The van der Waals surface area contributed by atoms with E-state index in [9.17, 15) is 9.90 Å². The molecule has 1 amide bonds. The van der Waals surface area contributed by atoms with Crippen LogP contribution in [0.4, 0.5) is 5.82 Å². The molecule has 4 atom stereocenters. The van der Waals surface area contributed by atoms with Crippen LogP contribution in [0.1, 0.15) is 58.1 Å². The molecule has 6 heteroatoms. The summed E-state index contributed by atoms with van der Waals surface area (Å²) in [5, 5.41) is 17.6. The summed E-state index contributed by atoms with van der Waals surface area (Å²) in [7, 11) is 1.67. The number of nitrogens with one attached hydrogen (secondary N) is 1. The maximum absolute atomic E-state index is 12.5. The molecule has 1 aromatic heterocycles. The second-order valence-corrected chi connectivity index (χ2v) is 8.25. The lowest BCUT2D eigenvalue weighted by molar-refractivity contribution is -0.117. The van der Waals surface area contributed by atoms with Crippen LogP contribution in [0.15, 0.2) is 6.07 Å². The van der Waals surface area contributed by atoms with Gasteiger partial charge in [-0.3, -0.25) is 4.79 Å². The number of methoxy groups -OCH3 is 1. The maximum Gasteiger partial charge on any atom is 0.229 e. The second-order valence-electron chi connectivity index (χ2n) is 8.25. The highest BCUT2D eigenvalue weighted by Crippen LogP contribution is 2.40. The highest BCUT2D eigenvalue weighted by Gasteiger charge is 2.43. The number of aliphatic hydroxyl groups excluding tert-OH is 1. The summed E-state index contributed by atoms with van der Waals surface area (Å²) in [6.07, 6.45) is 3.20. The lowest BCUT2D eigenvalue weighted by Crippen LogP contribution is -2.27. The fourth-order valence-electron chi connectivity index (χ4n) is 3.61. The third-order valence-electron chi connectivity index (χ3n) is 5.08. The van der Waals surface area contributed by atoms with Crippen molar-refractivity contribution < 1.29 is 14.6 Å². The Labute approximate surface area is 143 Å². The molecule has 6 nitrogen and oxygen atoms in total. The number of carbonyl (C=O) groups excluding carboxylic acids is 1. The van der Waals surface area contributed by atoms with Gasteiger partial charge in [-0.1, -0.05) is 0 Å². The van der Waals surface area contributed by atoms with Crippen molar-refractivity contribution in [2.24, 2.45) is 11.8 Å².